The van der Waals surface area contributed by atoms with E-state index in [0.29, 0.717) is 23.0 Å². The Kier molecular flexibility index (Phi) is 10.7. The Hall–Kier alpha value is -2.95. The van der Waals surface area contributed by atoms with Crippen molar-refractivity contribution in [3.63, 3.8) is 0 Å². The predicted octanol–water partition coefficient (Wildman–Crippen LogP) is 4.59. The maximum atomic E-state index is 10.3. The van der Waals surface area contributed by atoms with Gasteiger partial charge in [0.15, 0.2) is 23.0 Å². The lowest BCUT2D eigenvalue weighted by molar-refractivity contribution is 0.275. The largest absolute Gasteiger partial charge is 0.493 e. The van der Waals surface area contributed by atoms with Crippen molar-refractivity contribution in [3.05, 3.63) is 47.0 Å². The van der Waals surface area contributed by atoms with Gasteiger partial charge in [-0.25, -0.2) is 0 Å². The highest BCUT2D eigenvalue weighted by atomic mass is 16.5. The van der Waals surface area contributed by atoms with E-state index in [4.69, 9.17) is 18.9 Å². The Labute approximate surface area is 210 Å². The highest BCUT2D eigenvalue weighted by Crippen LogP contribution is 2.40. The molecule has 1 N–H and O–H groups in total. The van der Waals surface area contributed by atoms with Gasteiger partial charge in [-0.15, -0.1) is 0 Å². The maximum absolute atomic E-state index is 10.3. The number of hydrogen-bond donors (Lipinski definition) is 1. The molecule has 0 amide bonds. The van der Waals surface area contributed by atoms with Gasteiger partial charge in [-0.2, -0.15) is 5.26 Å². The Balaban J connectivity index is 2.08. The number of benzene rings is 2. The van der Waals surface area contributed by atoms with Crippen LogP contribution in [0.5, 0.6) is 23.0 Å². The second-order valence-electron chi connectivity index (χ2n) is 9.10. The third-order valence-corrected chi connectivity index (χ3v) is 6.83. The van der Waals surface area contributed by atoms with Crippen LogP contribution >= 0.6 is 0 Å². The van der Waals surface area contributed by atoms with E-state index in [-0.39, 0.29) is 12.5 Å². The first kappa shape index (κ1) is 28.3. The molecule has 0 heterocycles. The number of rotatable bonds is 14. The highest BCUT2D eigenvalue weighted by Gasteiger charge is 2.36. The molecule has 2 aromatic carbocycles. The van der Waals surface area contributed by atoms with Crippen LogP contribution in [0.15, 0.2) is 30.3 Å². The SMILES string of the molecule is COc1ccc(C(C#N)(CCCN(C)CCc2cc(OC)c(OC)cc2CO)C(C)C)cc1OC. The van der Waals surface area contributed by atoms with Gasteiger partial charge in [0.1, 0.15) is 0 Å². The number of nitrogens with zero attached hydrogens (tertiary/aromatic N) is 2. The second kappa shape index (κ2) is 13.2. The highest BCUT2D eigenvalue weighted by molar-refractivity contribution is 5.48. The molecule has 0 aliphatic heterocycles. The first-order valence-corrected chi connectivity index (χ1v) is 12.0. The molecule has 0 saturated heterocycles. The van der Waals surface area contributed by atoms with Gasteiger partial charge in [-0.3, -0.25) is 0 Å². The molecule has 0 aliphatic carbocycles. The molecule has 192 valence electrons. The number of aliphatic hydroxyl groups is 1. The van der Waals surface area contributed by atoms with Gasteiger partial charge in [0, 0.05) is 6.54 Å². The van der Waals surface area contributed by atoms with Crippen molar-refractivity contribution >= 4 is 0 Å². The molecule has 7 heteroatoms. The number of aliphatic hydroxyl groups excluding tert-OH is 1. The molecule has 0 fully saturated rings. The van der Waals surface area contributed by atoms with Gasteiger partial charge >= 0.3 is 0 Å². The summed E-state index contributed by atoms with van der Waals surface area (Å²) in [6, 6.07) is 12.2. The maximum Gasteiger partial charge on any atom is 0.161 e. The third kappa shape index (κ3) is 6.59. The molecule has 0 radical (unpaired) electrons. The van der Waals surface area contributed by atoms with Gasteiger partial charge in [0.05, 0.1) is 46.5 Å². The fraction of sp³-hybridized carbons (Fsp3) is 0.536. The summed E-state index contributed by atoms with van der Waals surface area (Å²) in [7, 11) is 8.51. The van der Waals surface area contributed by atoms with Crippen LogP contribution in [0.3, 0.4) is 0 Å². The molecule has 0 aliphatic rings. The molecular formula is C28H40N2O5. The Morgan fingerprint density at radius 2 is 1.46 bits per heavy atom. The van der Waals surface area contributed by atoms with Gasteiger partial charge in [-0.1, -0.05) is 19.9 Å². The Morgan fingerprint density at radius 3 is 1.97 bits per heavy atom. The first-order valence-electron chi connectivity index (χ1n) is 12.0. The molecule has 1 atom stereocenters. The third-order valence-electron chi connectivity index (χ3n) is 6.83. The smallest absolute Gasteiger partial charge is 0.161 e. The summed E-state index contributed by atoms with van der Waals surface area (Å²) < 4.78 is 21.6. The lowest BCUT2D eigenvalue weighted by Gasteiger charge is -2.32. The zero-order chi connectivity index (χ0) is 26.0. The van der Waals surface area contributed by atoms with Gasteiger partial charge < -0.3 is 29.0 Å². The number of ether oxygens (including phenoxy) is 4. The van der Waals surface area contributed by atoms with Crippen molar-refractivity contribution in [1.82, 2.24) is 4.90 Å². The number of methoxy groups -OCH3 is 4. The average molecular weight is 485 g/mol. The Morgan fingerprint density at radius 1 is 0.886 bits per heavy atom. The fourth-order valence-electron chi connectivity index (χ4n) is 4.52. The van der Waals surface area contributed by atoms with Crippen molar-refractivity contribution in [1.29, 1.82) is 5.26 Å². The summed E-state index contributed by atoms with van der Waals surface area (Å²) in [5, 5.41) is 20.1. The van der Waals surface area contributed by atoms with E-state index in [1.54, 1.807) is 28.4 Å². The summed E-state index contributed by atoms with van der Waals surface area (Å²) >= 11 is 0. The molecular weight excluding hydrogens is 444 g/mol. The number of hydrogen-bond acceptors (Lipinski definition) is 7. The quantitative estimate of drug-likeness (QED) is 0.420. The zero-order valence-electron chi connectivity index (χ0n) is 22.2. The van der Waals surface area contributed by atoms with E-state index >= 15 is 0 Å². The van der Waals surface area contributed by atoms with Gasteiger partial charge in [-0.05, 0) is 79.7 Å². The van der Waals surface area contributed by atoms with Crippen molar-refractivity contribution in [3.8, 4) is 29.1 Å². The lowest BCUT2D eigenvalue weighted by atomic mass is 9.69. The molecule has 2 aromatic rings. The first-order chi connectivity index (χ1) is 16.8. The summed E-state index contributed by atoms with van der Waals surface area (Å²) in [6.45, 7) is 5.81. The normalized spacial score (nSPS) is 12.8. The van der Waals surface area contributed by atoms with Crippen LogP contribution in [0.4, 0.5) is 0 Å². The van der Waals surface area contributed by atoms with Gasteiger partial charge in [0.25, 0.3) is 0 Å². The lowest BCUT2D eigenvalue weighted by Crippen LogP contribution is -2.32. The van der Waals surface area contributed by atoms with E-state index in [1.165, 1.54) is 0 Å². The molecule has 0 bridgehead atoms. The van der Waals surface area contributed by atoms with E-state index in [9.17, 15) is 10.4 Å². The minimum Gasteiger partial charge on any atom is -0.493 e. The van der Waals surface area contributed by atoms with Crippen molar-refractivity contribution in [2.45, 2.75) is 45.1 Å². The fourth-order valence-corrected chi connectivity index (χ4v) is 4.52. The molecule has 0 spiro atoms. The zero-order valence-corrected chi connectivity index (χ0v) is 22.2. The van der Waals surface area contributed by atoms with E-state index in [0.717, 1.165) is 49.0 Å². The molecule has 35 heavy (non-hydrogen) atoms. The van der Waals surface area contributed by atoms with Crippen LogP contribution in [-0.4, -0.2) is 58.6 Å². The molecule has 0 saturated carbocycles. The summed E-state index contributed by atoms with van der Waals surface area (Å²) in [5.74, 6) is 2.70. The van der Waals surface area contributed by atoms with Crippen LogP contribution < -0.4 is 18.9 Å². The van der Waals surface area contributed by atoms with Crippen molar-refractivity contribution in [2.75, 3.05) is 48.6 Å². The summed E-state index contributed by atoms with van der Waals surface area (Å²) in [4.78, 5) is 2.26. The minimum atomic E-state index is -0.617. The van der Waals surface area contributed by atoms with Crippen LogP contribution in [0, 0.1) is 17.2 Å². The van der Waals surface area contributed by atoms with E-state index < -0.39 is 5.41 Å². The van der Waals surface area contributed by atoms with Crippen molar-refractivity contribution < 1.29 is 24.1 Å². The van der Waals surface area contributed by atoms with Crippen molar-refractivity contribution in [2.24, 2.45) is 5.92 Å². The van der Waals surface area contributed by atoms with Crippen LogP contribution in [-0.2, 0) is 18.4 Å². The van der Waals surface area contributed by atoms with E-state index in [2.05, 4.69) is 31.9 Å². The second-order valence-corrected chi connectivity index (χ2v) is 9.10. The average Bonchev–Trinajstić information content (AvgIpc) is 2.88. The van der Waals surface area contributed by atoms with Crippen LogP contribution in [0.25, 0.3) is 0 Å². The molecule has 2 rings (SSSR count). The van der Waals surface area contributed by atoms with Crippen LogP contribution in [0.1, 0.15) is 43.4 Å². The molecule has 0 aromatic heterocycles. The van der Waals surface area contributed by atoms with Gasteiger partial charge in [0.2, 0.25) is 0 Å². The standard InChI is InChI=1S/C28H40N2O5/c1-20(2)28(19-29,23-9-10-24(32-4)27(17-23)35-7)12-8-13-30(3)14-11-21-15-25(33-5)26(34-6)16-22(21)18-31/h9-10,15-17,20,31H,8,11-14,18H2,1-7H3. The minimum absolute atomic E-state index is 0.0518. The summed E-state index contributed by atoms with van der Waals surface area (Å²) in [5.41, 5.74) is 2.21. The monoisotopic (exact) mass is 484 g/mol. The summed E-state index contributed by atoms with van der Waals surface area (Å²) in [6.07, 6.45) is 2.38. The predicted molar refractivity (Wildman–Crippen MR) is 138 cm³/mol. The molecule has 1 unspecified atom stereocenters. The number of nitriles is 1. The topological polar surface area (TPSA) is 84.2 Å². The molecule has 7 nitrogen and oxygen atoms in total. The Bertz CT molecular complexity index is 1000. The van der Waals surface area contributed by atoms with Crippen LogP contribution in [0.2, 0.25) is 0 Å². The number of likely N-dealkylation sites (N-methyl/N-ethyl adjacent to an activating group) is 1. The van der Waals surface area contributed by atoms with E-state index in [1.807, 2.05) is 30.3 Å².